The molecule has 0 aliphatic carbocycles. The predicted octanol–water partition coefficient (Wildman–Crippen LogP) is 0.975. The van der Waals surface area contributed by atoms with Crippen LogP contribution in [0.3, 0.4) is 0 Å². The Kier molecular flexibility index (Phi) is 2.31. The third-order valence-corrected chi connectivity index (χ3v) is 1.78. The van der Waals surface area contributed by atoms with Crippen LogP contribution in [0.4, 0.5) is 5.82 Å². The van der Waals surface area contributed by atoms with E-state index in [9.17, 15) is 0 Å². The Morgan fingerprint density at radius 1 is 1.07 bits per heavy atom. The van der Waals surface area contributed by atoms with Gasteiger partial charge in [-0.1, -0.05) is 0 Å². The average Bonchev–Trinajstić information content (AvgIpc) is 2.30. The number of nitrogens with zero attached hydrogens (tertiary/aromatic N) is 4. The highest BCUT2D eigenvalue weighted by Gasteiger charge is 1.99. The number of anilines is 1. The lowest BCUT2D eigenvalue weighted by Gasteiger charge is -1.99. The van der Waals surface area contributed by atoms with Gasteiger partial charge in [0.05, 0.1) is 5.69 Å². The van der Waals surface area contributed by atoms with Gasteiger partial charge < -0.3 is 5.32 Å². The topological polar surface area (TPSA) is 63.6 Å². The van der Waals surface area contributed by atoms with Crippen molar-refractivity contribution in [3.05, 3.63) is 30.9 Å². The van der Waals surface area contributed by atoms with Gasteiger partial charge >= 0.3 is 0 Å². The molecule has 0 amide bonds. The summed E-state index contributed by atoms with van der Waals surface area (Å²) in [6.07, 6.45) is 4.89. The Morgan fingerprint density at radius 3 is 2.43 bits per heavy atom. The zero-order valence-corrected chi connectivity index (χ0v) is 7.68. The van der Waals surface area contributed by atoms with Gasteiger partial charge in [-0.15, -0.1) is 10.2 Å². The molecule has 0 atom stereocenters. The number of hydrogen-bond donors (Lipinski definition) is 1. The standard InChI is InChI=1S/C9H9N5/c1-10-9-3-2-8(13-14-9)7-4-11-6-12-5-7/h2-6H,1H3,(H,10,14). The maximum absolute atomic E-state index is 4.03. The predicted molar refractivity (Wildman–Crippen MR) is 52.6 cm³/mol. The number of aromatic nitrogens is 4. The van der Waals surface area contributed by atoms with Crippen molar-refractivity contribution in [3.63, 3.8) is 0 Å². The largest absolute Gasteiger partial charge is 0.372 e. The molecule has 0 fully saturated rings. The van der Waals surface area contributed by atoms with Crippen LogP contribution in [0.15, 0.2) is 30.9 Å². The van der Waals surface area contributed by atoms with Crippen molar-refractivity contribution in [1.29, 1.82) is 0 Å². The van der Waals surface area contributed by atoms with E-state index in [4.69, 9.17) is 0 Å². The van der Waals surface area contributed by atoms with E-state index in [2.05, 4.69) is 25.5 Å². The van der Waals surface area contributed by atoms with E-state index in [1.54, 1.807) is 19.4 Å². The van der Waals surface area contributed by atoms with E-state index in [1.807, 2.05) is 12.1 Å². The van der Waals surface area contributed by atoms with E-state index in [0.717, 1.165) is 17.1 Å². The summed E-state index contributed by atoms with van der Waals surface area (Å²) >= 11 is 0. The molecule has 2 rings (SSSR count). The number of nitrogens with one attached hydrogen (secondary N) is 1. The molecule has 0 spiro atoms. The van der Waals surface area contributed by atoms with Crippen LogP contribution in [0.25, 0.3) is 11.3 Å². The first-order valence-electron chi connectivity index (χ1n) is 4.17. The van der Waals surface area contributed by atoms with Crippen LogP contribution in [0.2, 0.25) is 0 Å². The van der Waals surface area contributed by atoms with Crippen LogP contribution in [0.1, 0.15) is 0 Å². The van der Waals surface area contributed by atoms with E-state index >= 15 is 0 Å². The van der Waals surface area contributed by atoms with Gasteiger partial charge in [-0.25, -0.2) is 9.97 Å². The quantitative estimate of drug-likeness (QED) is 0.759. The highest BCUT2D eigenvalue weighted by atomic mass is 15.2. The van der Waals surface area contributed by atoms with Crippen molar-refractivity contribution < 1.29 is 0 Å². The monoisotopic (exact) mass is 187 g/mol. The second-order valence-corrected chi connectivity index (χ2v) is 2.68. The van der Waals surface area contributed by atoms with Crippen molar-refractivity contribution in [2.75, 3.05) is 12.4 Å². The summed E-state index contributed by atoms with van der Waals surface area (Å²) in [4.78, 5) is 7.82. The molecule has 0 aliphatic rings. The van der Waals surface area contributed by atoms with Gasteiger partial charge in [0.15, 0.2) is 0 Å². The van der Waals surface area contributed by atoms with Crippen LogP contribution in [0.5, 0.6) is 0 Å². The molecule has 2 heterocycles. The van der Waals surface area contributed by atoms with Crippen molar-refractivity contribution >= 4 is 5.82 Å². The summed E-state index contributed by atoms with van der Waals surface area (Å²) in [5.74, 6) is 0.741. The molecule has 2 aromatic rings. The number of hydrogen-bond acceptors (Lipinski definition) is 5. The van der Waals surface area contributed by atoms with Crippen molar-refractivity contribution in [1.82, 2.24) is 20.2 Å². The molecule has 0 aromatic carbocycles. The summed E-state index contributed by atoms with van der Waals surface area (Å²) in [6, 6.07) is 3.73. The highest BCUT2D eigenvalue weighted by Crippen LogP contribution is 2.13. The van der Waals surface area contributed by atoms with Gasteiger partial charge in [-0.05, 0) is 12.1 Å². The normalized spacial score (nSPS) is 9.79. The Bertz CT molecular complexity index is 397. The molecule has 14 heavy (non-hydrogen) atoms. The lowest BCUT2D eigenvalue weighted by Crippen LogP contribution is -1.95. The molecule has 0 saturated carbocycles. The van der Waals surface area contributed by atoms with E-state index in [-0.39, 0.29) is 0 Å². The highest BCUT2D eigenvalue weighted by molar-refractivity contribution is 5.56. The zero-order chi connectivity index (χ0) is 9.80. The molecular weight excluding hydrogens is 178 g/mol. The fourth-order valence-electron chi connectivity index (χ4n) is 1.05. The second-order valence-electron chi connectivity index (χ2n) is 2.68. The molecule has 0 saturated heterocycles. The smallest absolute Gasteiger partial charge is 0.148 e. The van der Waals surface area contributed by atoms with Crippen LogP contribution in [-0.2, 0) is 0 Å². The Balaban J connectivity index is 2.34. The van der Waals surface area contributed by atoms with Crippen molar-refractivity contribution in [3.8, 4) is 11.3 Å². The van der Waals surface area contributed by atoms with Crippen molar-refractivity contribution in [2.45, 2.75) is 0 Å². The molecule has 5 nitrogen and oxygen atoms in total. The van der Waals surface area contributed by atoms with Gasteiger partial charge in [0.25, 0.3) is 0 Å². The Morgan fingerprint density at radius 2 is 1.86 bits per heavy atom. The summed E-state index contributed by atoms with van der Waals surface area (Å²) in [5.41, 5.74) is 1.63. The molecule has 0 bridgehead atoms. The zero-order valence-electron chi connectivity index (χ0n) is 7.68. The van der Waals surface area contributed by atoms with E-state index in [1.165, 1.54) is 6.33 Å². The minimum atomic E-state index is 0.741. The maximum atomic E-state index is 4.03. The summed E-state index contributed by atoms with van der Waals surface area (Å²) in [5, 5.41) is 10.9. The minimum absolute atomic E-state index is 0.741. The van der Waals surface area contributed by atoms with E-state index in [0.29, 0.717) is 0 Å². The number of rotatable bonds is 2. The minimum Gasteiger partial charge on any atom is -0.372 e. The van der Waals surface area contributed by atoms with Gasteiger partial charge in [-0.2, -0.15) is 0 Å². The van der Waals surface area contributed by atoms with Crippen LogP contribution >= 0.6 is 0 Å². The molecule has 0 aliphatic heterocycles. The summed E-state index contributed by atoms with van der Waals surface area (Å²) in [7, 11) is 1.80. The fraction of sp³-hybridized carbons (Fsp3) is 0.111. The SMILES string of the molecule is CNc1ccc(-c2cncnc2)nn1. The summed E-state index contributed by atoms with van der Waals surface area (Å²) in [6.45, 7) is 0. The van der Waals surface area contributed by atoms with Crippen molar-refractivity contribution in [2.24, 2.45) is 0 Å². The Labute approximate surface area is 81.3 Å². The molecule has 70 valence electrons. The maximum Gasteiger partial charge on any atom is 0.148 e. The molecule has 5 heteroatoms. The third-order valence-electron chi connectivity index (χ3n) is 1.78. The third kappa shape index (κ3) is 1.66. The molecule has 0 radical (unpaired) electrons. The fourth-order valence-corrected chi connectivity index (χ4v) is 1.05. The first kappa shape index (κ1) is 8.55. The van der Waals surface area contributed by atoms with Crippen LogP contribution in [-0.4, -0.2) is 27.2 Å². The molecule has 1 N–H and O–H groups in total. The second kappa shape index (κ2) is 3.78. The first-order valence-corrected chi connectivity index (χ1v) is 4.17. The first-order chi connectivity index (χ1) is 6.90. The Hall–Kier alpha value is -2.04. The van der Waals surface area contributed by atoms with E-state index < -0.39 is 0 Å². The van der Waals surface area contributed by atoms with Gasteiger partial charge in [0.1, 0.15) is 12.1 Å². The summed E-state index contributed by atoms with van der Waals surface area (Å²) < 4.78 is 0. The van der Waals surface area contributed by atoms with Crippen LogP contribution < -0.4 is 5.32 Å². The molecule has 2 aromatic heterocycles. The lowest BCUT2D eigenvalue weighted by atomic mass is 10.2. The van der Waals surface area contributed by atoms with Crippen LogP contribution in [0, 0.1) is 0 Å². The van der Waals surface area contributed by atoms with Gasteiger partial charge in [0, 0.05) is 25.0 Å². The average molecular weight is 187 g/mol. The lowest BCUT2D eigenvalue weighted by molar-refractivity contribution is 1.03. The van der Waals surface area contributed by atoms with Gasteiger partial charge in [-0.3, -0.25) is 0 Å². The molecule has 0 unspecified atom stereocenters. The van der Waals surface area contributed by atoms with Gasteiger partial charge in [0.2, 0.25) is 0 Å². The molecular formula is C9H9N5.